The Morgan fingerprint density at radius 2 is 1.77 bits per heavy atom. The molecular weight excluding hydrogens is 166 g/mol. The molecule has 1 rings (SSSR count). The molecule has 0 saturated heterocycles. The third-order valence-electron chi connectivity index (χ3n) is 2.67. The summed E-state index contributed by atoms with van der Waals surface area (Å²) in [5.41, 5.74) is 5.82. The van der Waals surface area contributed by atoms with Gasteiger partial charge in [0.25, 0.3) is 0 Å². The Kier molecular flexibility index (Phi) is 4.16. The second-order valence-electron chi connectivity index (χ2n) is 3.64. The van der Waals surface area contributed by atoms with E-state index in [-0.39, 0.29) is 11.7 Å². The van der Waals surface area contributed by atoms with Crippen molar-refractivity contribution >= 4 is 0 Å². The summed E-state index contributed by atoms with van der Waals surface area (Å²) in [5.74, 6) is 0. The van der Waals surface area contributed by atoms with Crippen molar-refractivity contribution in [3.8, 4) is 0 Å². The molecule has 78 valence electrons. The predicted octanol–water partition coefficient (Wildman–Crippen LogP) is 1.51. The van der Waals surface area contributed by atoms with Crippen LogP contribution < -0.4 is 5.73 Å². The van der Waals surface area contributed by atoms with Crippen molar-refractivity contribution in [2.45, 2.75) is 39.4 Å². The highest BCUT2D eigenvalue weighted by atomic mass is 16.7. The minimum absolute atomic E-state index is 0.0222. The molecule has 3 nitrogen and oxygen atoms in total. The quantitative estimate of drug-likeness (QED) is 0.614. The Labute approximate surface area is 80.6 Å². The summed E-state index contributed by atoms with van der Waals surface area (Å²) in [5, 5.41) is 0. The van der Waals surface area contributed by atoms with Crippen LogP contribution in [-0.4, -0.2) is 26.0 Å². The van der Waals surface area contributed by atoms with E-state index in [9.17, 15) is 0 Å². The first-order valence-electron chi connectivity index (χ1n) is 5.22. The van der Waals surface area contributed by atoms with Crippen LogP contribution in [0.1, 0.15) is 33.1 Å². The Hall–Kier alpha value is -0.120. The first-order chi connectivity index (χ1) is 6.29. The number of nitrogens with two attached hydrogens (primary N) is 1. The van der Waals surface area contributed by atoms with E-state index in [1.807, 2.05) is 13.8 Å². The van der Waals surface area contributed by atoms with E-state index in [1.54, 1.807) is 0 Å². The predicted molar refractivity (Wildman–Crippen MR) is 52.4 cm³/mol. The number of hydrogen-bond acceptors (Lipinski definition) is 3. The molecule has 0 bridgehead atoms. The highest BCUT2D eigenvalue weighted by Crippen LogP contribution is 2.52. The maximum atomic E-state index is 5.58. The molecule has 0 aromatic heterocycles. The maximum absolute atomic E-state index is 5.58. The number of hydrogen-bond donors (Lipinski definition) is 1. The number of rotatable bonds is 7. The summed E-state index contributed by atoms with van der Waals surface area (Å²) in [6.07, 6.45) is 3.41. The van der Waals surface area contributed by atoms with Gasteiger partial charge in [0.15, 0.2) is 6.29 Å². The fourth-order valence-corrected chi connectivity index (χ4v) is 1.76. The van der Waals surface area contributed by atoms with Crippen molar-refractivity contribution in [2.75, 3.05) is 19.8 Å². The van der Waals surface area contributed by atoms with Crippen LogP contribution in [0.25, 0.3) is 0 Å². The molecule has 1 aliphatic carbocycles. The summed E-state index contributed by atoms with van der Waals surface area (Å²) < 4.78 is 11.2. The van der Waals surface area contributed by atoms with Crippen LogP contribution in [0.3, 0.4) is 0 Å². The molecule has 0 aliphatic heterocycles. The zero-order valence-electron chi connectivity index (χ0n) is 8.71. The average Bonchev–Trinajstić information content (AvgIpc) is 2.86. The SMILES string of the molecule is CCOC(OCC)C1(CCN)CC1. The zero-order valence-corrected chi connectivity index (χ0v) is 8.71. The molecule has 13 heavy (non-hydrogen) atoms. The first-order valence-corrected chi connectivity index (χ1v) is 5.22. The second-order valence-corrected chi connectivity index (χ2v) is 3.64. The summed E-state index contributed by atoms with van der Waals surface area (Å²) in [4.78, 5) is 0. The van der Waals surface area contributed by atoms with Crippen molar-refractivity contribution in [1.29, 1.82) is 0 Å². The van der Waals surface area contributed by atoms with Gasteiger partial charge >= 0.3 is 0 Å². The lowest BCUT2D eigenvalue weighted by atomic mass is 10.0. The van der Waals surface area contributed by atoms with Gasteiger partial charge in [-0.05, 0) is 39.7 Å². The summed E-state index contributed by atoms with van der Waals surface area (Å²) in [7, 11) is 0. The molecule has 0 radical (unpaired) electrons. The molecule has 1 fully saturated rings. The van der Waals surface area contributed by atoms with Gasteiger partial charge in [-0.3, -0.25) is 0 Å². The standard InChI is InChI=1S/C10H21NO2/c1-3-12-9(13-4-2)10(5-6-10)7-8-11/h9H,3-8,11H2,1-2H3. The van der Waals surface area contributed by atoms with Gasteiger partial charge in [0, 0.05) is 18.6 Å². The molecule has 0 unspecified atom stereocenters. The molecule has 1 aliphatic rings. The average molecular weight is 187 g/mol. The van der Waals surface area contributed by atoms with Crippen molar-refractivity contribution in [3.05, 3.63) is 0 Å². The van der Waals surface area contributed by atoms with E-state index in [0.717, 1.165) is 26.2 Å². The Bertz CT molecular complexity index is 140. The summed E-state index contributed by atoms with van der Waals surface area (Å²) in [6.45, 7) is 6.18. The van der Waals surface area contributed by atoms with E-state index < -0.39 is 0 Å². The second kappa shape index (κ2) is 4.94. The fraction of sp³-hybridized carbons (Fsp3) is 1.00. The lowest BCUT2D eigenvalue weighted by molar-refractivity contribution is -0.176. The highest BCUT2D eigenvalue weighted by molar-refractivity contribution is 4.96. The number of ether oxygens (including phenoxy) is 2. The van der Waals surface area contributed by atoms with Gasteiger partial charge in [-0.2, -0.15) is 0 Å². The molecule has 0 spiro atoms. The third-order valence-corrected chi connectivity index (χ3v) is 2.67. The van der Waals surface area contributed by atoms with Gasteiger partial charge in [-0.25, -0.2) is 0 Å². The molecule has 1 saturated carbocycles. The third kappa shape index (κ3) is 2.66. The molecule has 0 aromatic rings. The molecule has 0 atom stereocenters. The fourth-order valence-electron chi connectivity index (χ4n) is 1.76. The maximum Gasteiger partial charge on any atom is 0.163 e. The van der Waals surface area contributed by atoms with Crippen molar-refractivity contribution < 1.29 is 9.47 Å². The van der Waals surface area contributed by atoms with Crippen molar-refractivity contribution in [1.82, 2.24) is 0 Å². The Morgan fingerprint density at radius 3 is 2.08 bits per heavy atom. The van der Waals surface area contributed by atoms with E-state index in [1.165, 1.54) is 12.8 Å². The first kappa shape index (κ1) is 11.0. The molecule has 3 heteroatoms. The van der Waals surface area contributed by atoms with Crippen molar-refractivity contribution in [2.24, 2.45) is 11.1 Å². The van der Waals surface area contributed by atoms with Crippen LogP contribution in [-0.2, 0) is 9.47 Å². The Balaban J connectivity index is 2.42. The normalized spacial score (nSPS) is 19.4. The van der Waals surface area contributed by atoms with E-state index in [4.69, 9.17) is 15.2 Å². The van der Waals surface area contributed by atoms with Crippen LogP contribution >= 0.6 is 0 Å². The topological polar surface area (TPSA) is 44.5 Å². The molecule has 0 amide bonds. The lowest BCUT2D eigenvalue weighted by Gasteiger charge is -2.26. The van der Waals surface area contributed by atoms with Crippen molar-refractivity contribution in [3.63, 3.8) is 0 Å². The van der Waals surface area contributed by atoms with Gasteiger partial charge < -0.3 is 15.2 Å². The molecular formula is C10H21NO2. The van der Waals surface area contributed by atoms with Gasteiger partial charge in [-0.1, -0.05) is 0 Å². The highest BCUT2D eigenvalue weighted by Gasteiger charge is 2.50. The van der Waals surface area contributed by atoms with E-state index in [0.29, 0.717) is 0 Å². The van der Waals surface area contributed by atoms with Gasteiger partial charge in [-0.15, -0.1) is 0 Å². The van der Waals surface area contributed by atoms with Crippen LogP contribution in [0.5, 0.6) is 0 Å². The lowest BCUT2D eigenvalue weighted by Crippen LogP contribution is -2.30. The van der Waals surface area contributed by atoms with E-state index in [2.05, 4.69) is 0 Å². The smallest absolute Gasteiger partial charge is 0.163 e. The van der Waals surface area contributed by atoms with Gasteiger partial charge in [0.2, 0.25) is 0 Å². The largest absolute Gasteiger partial charge is 0.352 e. The van der Waals surface area contributed by atoms with Crippen LogP contribution in [0.2, 0.25) is 0 Å². The minimum Gasteiger partial charge on any atom is -0.352 e. The molecule has 0 aromatic carbocycles. The van der Waals surface area contributed by atoms with Crippen LogP contribution in [0.4, 0.5) is 0 Å². The van der Waals surface area contributed by atoms with E-state index >= 15 is 0 Å². The Morgan fingerprint density at radius 1 is 1.23 bits per heavy atom. The van der Waals surface area contributed by atoms with Gasteiger partial charge in [0.05, 0.1) is 0 Å². The molecule has 0 heterocycles. The summed E-state index contributed by atoms with van der Waals surface area (Å²) in [6, 6.07) is 0. The monoisotopic (exact) mass is 187 g/mol. The zero-order chi connectivity index (χ0) is 9.73. The molecule has 2 N–H and O–H groups in total. The van der Waals surface area contributed by atoms with Crippen LogP contribution in [0.15, 0.2) is 0 Å². The van der Waals surface area contributed by atoms with Gasteiger partial charge in [0.1, 0.15) is 0 Å². The minimum atomic E-state index is -0.0222. The summed E-state index contributed by atoms with van der Waals surface area (Å²) >= 11 is 0. The van der Waals surface area contributed by atoms with Crippen LogP contribution in [0, 0.1) is 5.41 Å².